The third-order valence-electron chi connectivity index (χ3n) is 2.19. The van der Waals surface area contributed by atoms with Crippen LogP contribution in [-0.4, -0.2) is 34.1 Å². The Kier molecular flexibility index (Phi) is 3.21. The molecule has 76 valence electrons. The van der Waals surface area contributed by atoms with Crippen molar-refractivity contribution in [2.45, 2.75) is 12.5 Å². The highest BCUT2D eigenvalue weighted by Crippen LogP contribution is 2.11. The monoisotopic (exact) mass is 210 g/mol. The highest BCUT2D eigenvalue weighted by atomic mass is 32.2. The van der Waals surface area contributed by atoms with Crippen LogP contribution in [0.25, 0.3) is 0 Å². The van der Waals surface area contributed by atoms with Crippen molar-refractivity contribution >= 4 is 17.7 Å². The van der Waals surface area contributed by atoms with E-state index in [2.05, 4.69) is 15.3 Å². The first kappa shape index (κ1) is 9.73. The highest BCUT2D eigenvalue weighted by molar-refractivity contribution is 7.99. The van der Waals surface area contributed by atoms with Crippen molar-refractivity contribution in [2.24, 2.45) is 0 Å². The molecule has 1 aliphatic rings. The molecular weight excluding hydrogens is 196 g/mol. The van der Waals surface area contributed by atoms with Gasteiger partial charge in [-0.25, -0.2) is 9.97 Å². The van der Waals surface area contributed by atoms with Crippen LogP contribution in [-0.2, 0) is 6.42 Å². The lowest BCUT2D eigenvalue weighted by Gasteiger charge is -2.22. The third kappa shape index (κ3) is 2.59. The fourth-order valence-electron chi connectivity index (χ4n) is 1.53. The molecule has 1 saturated heterocycles. The number of rotatable bonds is 2. The summed E-state index contributed by atoms with van der Waals surface area (Å²) in [6, 6.07) is 2.46. The molecular formula is C9H14N4S. The van der Waals surface area contributed by atoms with Crippen LogP contribution in [0.3, 0.4) is 0 Å². The Morgan fingerprint density at radius 1 is 1.64 bits per heavy atom. The molecule has 1 aliphatic heterocycles. The van der Waals surface area contributed by atoms with E-state index in [0.717, 1.165) is 24.4 Å². The Labute approximate surface area is 87.7 Å². The molecule has 1 aromatic rings. The van der Waals surface area contributed by atoms with Gasteiger partial charge in [-0.15, -0.1) is 0 Å². The zero-order chi connectivity index (χ0) is 9.80. The second-order valence-corrected chi connectivity index (χ2v) is 4.49. The van der Waals surface area contributed by atoms with Gasteiger partial charge in [-0.1, -0.05) is 0 Å². The molecule has 4 nitrogen and oxygen atoms in total. The smallest absolute Gasteiger partial charge is 0.220 e. The first-order valence-electron chi connectivity index (χ1n) is 4.73. The predicted octanol–water partition coefficient (Wildman–Crippen LogP) is 0.306. The number of anilines is 1. The van der Waals surface area contributed by atoms with Crippen LogP contribution in [0, 0.1) is 0 Å². The zero-order valence-corrected chi connectivity index (χ0v) is 8.76. The van der Waals surface area contributed by atoms with Crippen LogP contribution < -0.4 is 11.1 Å². The minimum absolute atomic E-state index is 0.367. The first-order valence-corrected chi connectivity index (χ1v) is 5.88. The van der Waals surface area contributed by atoms with E-state index in [1.807, 2.05) is 17.8 Å². The molecule has 0 bridgehead atoms. The summed E-state index contributed by atoms with van der Waals surface area (Å²) in [6.07, 6.45) is 2.66. The van der Waals surface area contributed by atoms with E-state index in [1.54, 1.807) is 6.20 Å². The summed E-state index contributed by atoms with van der Waals surface area (Å²) < 4.78 is 0. The van der Waals surface area contributed by atoms with Crippen LogP contribution in [0.15, 0.2) is 12.3 Å². The van der Waals surface area contributed by atoms with Crippen LogP contribution >= 0.6 is 11.8 Å². The largest absolute Gasteiger partial charge is 0.368 e. The summed E-state index contributed by atoms with van der Waals surface area (Å²) >= 11 is 1.99. The van der Waals surface area contributed by atoms with Crippen LogP contribution in [0.5, 0.6) is 0 Å². The summed E-state index contributed by atoms with van der Waals surface area (Å²) in [5.74, 6) is 2.73. The van der Waals surface area contributed by atoms with Gasteiger partial charge in [-0.2, -0.15) is 11.8 Å². The standard InChI is InChI=1S/C9H14N4S/c10-9-12-2-1-7(13-9)5-8-6-14-4-3-11-8/h1-2,8,11H,3-6H2,(H2,10,12,13). The summed E-state index contributed by atoms with van der Waals surface area (Å²) in [5.41, 5.74) is 6.54. The first-order chi connectivity index (χ1) is 6.84. The van der Waals surface area contributed by atoms with Crippen molar-refractivity contribution in [3.63, 3.8) is 0 Å². The van der Waals surface area contributed by atoms with Crippen molar-refractivity contribution < 1.29 is 0 Å². The van der Waals surface area contributed by atoms with E-state index < -0.39 is 0 Å². The molecule has 0 aromatic carbocycles. The minimum Gasteiger partial charge on any atom is -0.368 e. The summed E-state index contributed by atoms with van der Waals surface area (Å²) in [6.45, 7) is 1.09. The molecule has 3 N–H and O–H groups in total. The molecule has 1 fully saturated rings. The molecule has 1 unspecified atom stereocenters. The maximum Gasteiger partial charge on any atom is 0.220 e. The predicted molar refractivity (Wildman–Crippen MR) is 59.3 cm³/mol. The number of thioether (sulfide) groups is 1. The average molecular weight is 210 g/mol. The summed E-state index contributed by atoms with van der Waals surface area (Å²) in [7, 11) is 0. The Bertz CT molecular complexity index is 299. The Hall–Kier alpha value is -0.810. The molecule has 1 atom stereocenters. The molecule has 14 heavy (non-hydrogen) atoms. The van der Waals surface area contributed by atoms with Crippen molar-refractivity contribution in [2.75, 3.05) is 23.8 Å². The van der Waals surface area contributed by atoms with Gasteiger partial charge >= 0.3 is 0 Å². The Morgan fingerprint density at radius 2 is 2.57 bits per heavy atom. The van der Waals surface area contributed by atoms with E-state index >= 15 is 0 Å². The fraction of sp³-hybridized carbons (Fsp3) is 0.556. The quantitative estimate of drug-likeness (QED) is 0.735. The lowest BCUT2D eigenvalue weighted by Crippen LogP contribution is -2.39. The van der Waals surface area contributed by atoms with Crippen LogP contribution in [0.1, 0.15) is 5.69 Å². The van der Waals surface area contributed by atoms with Crippen LogP contribution in [0.2, 0.25) is 0 Å². The lowest BCUT2D eigenvalue weighted by molar-refractivity contribution is 0.557. The maximum atomic E-state index is 5.52. The molecule has 2 rings (SSSR count). The summed E-state index contributed by atoms with van der Waals surface area (Å²) in [5, 5.41) is 3.46. The van der Waals surface area contributed by atoms with Gasteiger partial charge in [0.1, 0.15) is 0 Å². The third-order valence-corrected chi connectivity index (χ3v) is 3.32. The number of hydrogen-bond acceptors (Lipinski definition) is 5. The van der Waals surface area contributed by atoms with Crippen molar-refractivity contribution in [1.29, 1.82) is 0 Å². The van der Waals surface area contributed by atoms with E-state index in [-0.39, 0.29) is 0 Å². The van der Waals surface area contributed by atoms with Crippen LogP contribution in [0.4, 0.5) is 5.95 Å². The van der Waals surface area contributed by atoms with Crippen molar-refractivity contribution in [3.8, 4) is 0 Å². The highest BCUT2D eigenvalue weighted by Gasteiger charge is 2.13. The molecule has 0 aliphatic carbocycles. The number of nitrogens with two attached hydrogens (primary N) is 1. The van der Waals surface area contributed by atoms with E-state index in [0.29, 0.717) is 12.0 Å². The molecule has 0 saturated carbocycles. The average Bonchev–Trinajstić information content (AvgIpc) is 2.19. The number of aromatic nitrogens is 2. The molecule has 0 amide bonds. The molecule has 5 heteroatoms. The summed E-state index contributed by atoms with van der Waals surface area (Å²) in [4.78, 5) is 8.06. The molecule has 1 aromatic heterocycles. The van der Waals surface area contributed by atoms with E-state index in [4.69, 9.17) is 5.73 Å². The van der Waals surface area contributed by atoms with E-state index in [9.17, 15) is 0 Å². The van der Waals surface area contributed by atoms with Gasteiger partial charge in [0.15, 0.2) is 0 Å². The lowest BCUT2D eigenvalue weighted by atomic mass is 10.2. The van der Waals surface area contributed by atoms with Gasteiger partial charge in [0.05, 0.1) is 0 Å². The SMILES string of the molecule is Nc1nccc(CC2CSCCN2)n1. The minimum atomic E-state index is 0.367. The van der Waals surface area contributed by atoms with Crippen molar-refractivity contribution in [1.82, 2.24) is 15.3 Å². The van der Waals surface area contributed by atoms with Gasteiger partial charge < -0.3 is 11.1 Å². The molecule has 2 heterocycles. The Morgan fingerprint density at radius 3 is 3.29 bits per heavy atom. The maximum absolute atomic E-state index is 5.52. The fourth-order valence-corrected chi connectivity index (χ4v) is 2.48. The van der Waals surface area contributed by atoms with Gasteiger partial charge in [0, 0.05) is 42.4 Å². The molecule has 0 radical (unpaired) electrons. The molecule has 0 spiro atoms. The Balaban J connectivity index is 1.95. The van der Waals surface area contributed by atoms with Gasteiger partial charge in [0.25, 0.3) is 0 Å². The van der Waals surface area contributed by atoms with Gasteiger partial charge in [0.2, 0.25) is 5.95 Å². The number of hydrogen-bond donors (Lipinski definition) is 2. The van der Waals surface area contributed by atoms with Crippen molar-refractivity contribution in [3.05, 3.63) is 18.0 Å². The second-order valence-electron chi connectivity index (χ2n) is 3.34. The number of nitrogens with one attached hydrogen (secondary N) is 1. The topological polar surface area (TPSA) is 63.8 Å². The second kappa shape index (κ2) is 4.61. The van der Waals surface area contributed by atoms with Gasteiger partial charge in [-0.05, 0) is 6.07 Å². The van der Waals surface area contributed by atoms with E-state index in [1.165, 1.54) is 5.75 Å². The van der Waals surface area contributed by atoms with Gasteiger partial charge in [-0.3, -0.25) is 0 Å². The zero-order valence-electron chi connectivity index (χ0n) is 7.94. The number of nitrogens with zero attached hydrogens (tertiary/aromatic N) is 2. The normalized spacial score (nSPS) is 22.1. The number of nitrogen functional groups attached to an aromatic ring is 1.